The Kier molecular flexibility index (Phi) is 2.97. The van der Waals surface area contributed by atoms with Crippen LogP contribution in [0.15, 0.2) is 87.7 Å². The standard InChI is InChI=1S/C24H13ClO2/c25-16-8-5-14(6-9-16)15-7-10-18-22(13-15)27-21-12-11-20-23(24(18)21)17-3-1-2-4-19(17)26-20/h1-13H. The molecule has 0 aliphatic heterocycles. The summed E-state index contributed by atoms with van der Waals surface area (Å²) < 4.78 is 12.2. The third-order valence-electron chi connectivity index (χ3n) is 5.15. The van der Waals surface area contributed by atoms with Crippen LogP contribution < -0.4 is 0 Å². The van der Waals surface area contributed by atoms with Gasteiger partial charge in [-0.1, -0.05) is 48.0 Å². The third-order valence-corrected chi connectivity index (χ3v) is 5.41. The van der Waals surface area contributed by atoms with Crippen molar-refractivity contribution in [3.05, 3.63) is 83.9 Å². The fourth-order valence-electron chi connectivity index (χ4n) is 3.90. The lowest BCUT2D eigenvalue weighted by Gasteiger charge is -2.01. The van der Waals surface area contributed by atoms with Crippen molar-refractivity contribution in [2.45, 2.75) is 0 Å². The van der Waals surface area contributed by atoms with Crippen molar-refractivity contribution >= 4 is 55.5 Å². The molecule has 0 spiro atoms. The number of para-hydroxylation sites is 1. The van der Waals surface area contributed by atoms with Gasteiger partial charge in [-0.15, -0.1) is 0 Å². The SMILES string of the molecule is Clc1ccc(-c2ccc3c(c2)oc2ccc4oc5ccccc5c4c23)cc1. The van der Waals surface area contributed by atoms with Crippen LogP contribution in [0.2, 0.25) is 5.02 Å². The summed E-state index contributed by atoms with van der Waals surface area (Å²) in [6.07, 6.45) is 0. The van der Waals surface area contributed by atoms with E-state index >= 15 is 0 Å². The Morgan fingerprint density at radius 1 is 0.519 bits per heavy atom. The van der Waals surface area contributed by atoms with E-state index in [1.165, 1.54) is 0 Å². The van der Waals surface area contributed by atoms with Crippen molar-refractivity contribution < 1.29 is 8.83 Å². The Morgan fingerprint density at radius 2 is 1.15 bits per heavy atom. The lowest BCUT2D eigenvalue weighted by Crippen LogP contribution is -1.77. The van der Waals surface area contributed by atoms with Crippen LogP contribution in [-0.2, 0) is 0 Å². The number of rotatable bonds is 1. The van der Waals surface area contributed by atoms with Gasteiger partial charge in [0.15, 0.2) is 0 Å². The molecule has 2 nitrogen and oxygen atoms in total. The molecule has 0 radical (unpaired) electrons. The minimum absolute atomic E-state index is 0.734. The zero-order valence-corrected chi connectivity index (χ0v) is 15.0. The minimum atomic E-state index is 0.734. The average Bonchev–Trinajstić information content (AvgIpc) is 3.25. The van der Waals surface area contributed by atoms with Crippen molar-refractivity contribution in [3.63, 3.8) is 0 Å². The monoisotopic (exact) mass is 368 g/mol. The van der Waals surface area contributed by atoms with Gasteiger partial charge in [0.25, 0.3) is 0 Å². The lowest BCUT2D eigenvalue weighted by atomic mass is 10.0. The van der Waals surface area contributed by atoms with E-state index in [1.807, 2.05) is 54.6 Å². The molecule has 0 bridgehead atoms. The van der Waals surface area contributed by atoms with Crippen molar-refractivity contribution in [2.24, 2.45) is 0 Å². The molecule has 0 saturated carbocycles. The van der Waals surface area contributed by atoms with Gasteiger partial charge in [0, 0.05) is 26.6 Å². The molecule has 27 heavy (non-hydrogen) atoms. The normalized spacial score (nSPS) is 11.9. The molecule has 0 atom stereocenters. The second-order valence-electron chi connectivity index (χ2n) is 6.73. The van der Waals surface area contributed by atoms with Crippen LogP contribution >= 0.6 is 11.6 Å². The Labute approximate surface area is 159 Å². The fraction of sp³-hybridized carbons (Fsp3) is 0. The van der Waals surface area contributed by atoms with E-state index in [4.69, 9.17) is 20.4 Å². The number of halogens is 1. The summed E-state index contributed by atoms with van der Waals surface area (Å²) in [5, 5.41) is 5.16. The molecule has 128 valence electrons. The van der Waals surface area contributed by atoms with Gasteiger partial charge >= 0.3 is 0 Å². The molecule has 3 heteroatoms. The van der Waals surface area contributed by atoms with Crippen LogP contribution in [0.4, 0.5) is 0 Å². The van der Waals surface area contributed by atoms with Crippen LogP contribution in [-0.4, -0.2) is 0 Å². The Hall–Kier alpha value is -3.23. The van der Waals surface area contributed by atoms with Crippen LogP contribution in [0.25, 0.3) is 55.0 Å². The molecule has 6 rings (SSSR count). The maximum absolute atomic E-state index is 6.20. The Morgan fingerprint density at radius 3 is 1.93 bits per heavy atom. The van der Waals surface area contributed by atoms with Gasteiger partial charge in [-0.3, -0.25) is 0 Å². The minimum Gasteiger partial charge on any atom is -0.456 e. The average molecular weight is 369 g/mol. The second kappa shape index (κ2) is 5.38. The van der Waals surface area contributed by atoms with E-state index in [9.17, 15) is 0 Å². The molecule has 2 aromatic heterocycles. The van der Waals surface area contributed by atoms with Gasteiger partial charge in [0.05, 0.1) is 0 Å². The van der Waals surface area contributed by atoms with Crippen LogP contribution in [0.3, 0.4) is 0 Å². The van der Waals surface area contributed by atoms with Gasteiger partial charge in [0.2, 0.25) is 0 Å². The molecule has 0 unspecified atom stereocenters. The molecule has 6 aromatic rings. The predicted octanol–water partition coefficient (Wildman–Crippen LogP) is 7.81. The van der Waals surface area contributed by atoms with E-state index in [0.29, 0.717) is 0 Å². The Bertz CT molecular complexity index is 1470. The van der Waals surface area contributed by atoms with Gasteiger partial charge in [-0.25, -0.2) is 0 Å². The number of benzene rings is 4. The second-order valence-corrected chi connectivity index (χ2v) is 7.17. The largest absolute Gasteiger partial charge is 0.456 e. The van der Waals surface area contributed by atoms with Crippen molar-refractivity contribution in [3.8, 4) is 11.1 Å². The molecule has 0 amide bonds. The highest BCUT2D eigenvalue weighted by molar-refractivity contribution is 6.30. The summed E-state index contributed by atoms with van der Waals surface area (Å²) in [5.41, 5.74) is 5.74. The van der Waals surface area contributed by atoms with Gasteiger partial charge in [-0.05, 0) is 53.6 Å². The molecule has 0 N–H and O–H groups in total. The highest BCUT2D eigenvalue weighted by Gasteiger charge is 2.16. The van der Waals surface area contributed by atoms with E-state index < -0.39 is 0 Å². The first kappa shape index (κ1) is 14.9. The number of furan rings is 2. The first-order valence-corrected chi connectivity index (χ1v) is 9.18. The van der Waals surface area contributed by atoms with Gasteiger partial charge < -0.3 is 8.83 Å². The zero-order chi connectivity index (χ0) is 18.0. The van der Waals surface area contributed by atoms with E-state index in [-0.39, 0.29) is 0 Å². The first-order chi connectivity index (χ1) is 13.3. The molecule has 4 aromatic carbocycles. The maximum Gasteiger partial charge on any atom is 0.136 e. The maximum atomic E-state index is 6.20. The molecule has 0 aliphatic carbocycles. The molecule has 0 aliphatic rings. The summed E-state index contributed by atoms with van der Waals surface area (Å²) in [4.78, 5) is 0. The molecule has 2 heterocycles. The predicted molar refractivity (Wildman–Crippen MR) is 111 cm³/mol. The highest BCUT2D eigenvalue weighted by Crippen LogP contribution is 2.40. The number of hydrogen-bond donors (Lipinski definition) is 0. The zero-order valence-electron chi connectivity index (χ0n) is 14.2. The van der Waals surface area contributed by atoms with E-state index in [0.717, 1.165) is 60.0 Å². The molecule has 0 fully saturated rings. The van der Waals surface area contributed by atoms with Crippen molar-refractivity contribution in [2.75, 3.05) is 0 Å². The number of hydrogen-bond acceptors (Lipinski definition) is 2. The quantitative estimate of drug-likeness (QED) is 0.296. The summed E-state index contributed by atoms with van der Waals surface area (Å²) in [7, 11) is 0. The highest BCUT2D eigenvalue weighted by atomic mass is 35.5. The van der Waals surface area contributed by atoms with Gasteiger partial charge in [0.1, 0.15) is 22.3 Å². The molecule has 0 saturated heterocycles. The van der Waals surface area contributed by atoms with Crippen LogP contribution in [0, 0.1) is 0 Å². The summed E-state index contributed by atoms with van der Waals surface area (Å²) in [5.74, 6) is 0. The topological polar surface area (TPSA) is 26.3 Å². The van der Waals surface area contributed by atoms with Crippen LogP contribution in [0.1, 0.15) is 0 Å². The van der Waals surface area contributed by atoms with Crippen molar-refractivity contribution in [1.29, 1.82) is 0 Å². The smallest absolute Gasteiger partial charge is 0.136 e. The lowest BCUT2D eigenvalue weighted by molar-refractivity contribution is 0.663. The van der Waals surface area contributed by atoms with E-state index in [2.05, 4.69) is 24.3 Å². The number of fused-ring (bicyclic) bond motifs is 7. The summed E-state index contributed by atoms with van der Waals surface area (Å²) in [6, 6.07) is 26.3. The van der Waals surface area contributed by atoms with Crippen molar-refractivity contribution in [1.82, 2.24) is 0 Å². The molecular formula is C24H13ClO2. The first-order valence-electron chi connectivity index (χ1n) is 8.80. The van der Waals surface area contributed by atoms with Crippen LogP contribution in [0.5, 0.6) is 0 Å². The summed E-state index contributed by atoms with van der Waals surface area (Å²) >= 11 is 6.01. The molecular weight excluding hydrogens is 356 g/mol. The third kappa shape index (κ3) is 2.14. The Balaban J connectivity index is 1.69. The summed E-state index contributed by atoms with van der Waals surface area (Å²) in [6.45, 7) is 0. The van der Waals surface area contributed by atoms with Gasteiger partial charge in [-0.2, -0.15) is 0 Å². The fourth-order valence-corrected chi connectivity index (χ4v) is 4.03. The van der Waals surface area contributed by atoms with E-state index in [1.54, 1.807) is 0 Å².